The number of hydrogen-bond donors (Lipinski definition) is 2. The molecule has 1 atom stereocenters. The molecule has 0 radical (unpaired) electrons. The van der Waals surface area contributed by atoms with Gasteiger partial charge in [-0.2, -0.15) is 5.26 Å². The van der Waals surface area contributed by atoms with Crippen LogP contribution in [0.2, 0.25) is 0 Å². The molecule has 2 N–H and O–H groups in total. The van der Waals surface area contributed by atoms with E-state index in [0.717, 1.165) is 31.6 Å². The molecule has 1 aromatic rings. The quantitative estimate of drug-likeness (QED) is 0.878. The maximum Gasteiger partial charge on any atom is 0.334 e. The number of dihydropyridines is 1. The summed E-state index contributed by atoms with van der Waals surface area (Å²) in [6, 6.07) is 7.69. The first kappa shape index (κ1) is 15.3. The second-order valence-electron chi connectivity index (χ2n) is 5.68. The fraction of sp³-hybridized carbons (Fsp3) is 0.353. The van der Waals surface area contributed by atoms with Crippen LogP contribution in [0.4, 0.5) is 5.69 Å². The third-order valence-corrected chi connectivity index (χ3v) is 4.19. The summed E-state index contributed by atoms with van der Waals surface area (Å²) in [6.07, 6.45) is 2.54. The summed E-state index contributed by atoms with van der Waals surface area (Å²) in [5.74, 6) is -1.15. The standard InChI is InChI=1S/C17H17N3O3/c18-9-12-7-11(3-4-15(12)20-5-1-2-6-20)14-8-13(17(22)23)16(21)10-19-14/h3-4,7-8,16,21H,1-2,5-6,10H2,(H,22,23). The molecule has 0 bridgehead atoms. The van der Waals surface area contributed by atoms with Crippen molar-refractivity contribution in [3.8, 4) is 6.07 Å². The number of aliphatic carboxylic acids is 1. The summed E-state index contributed by atoms with van der Waals surface area (Å²) >= 11 is 0. The highest BCUT2D eigenvalue weighted by molar-refractivity contribution is 6.13. The van der Waals surface area contributed by atoms with Crippen LogP contribution in [0.1, 0.15) is 24.0 Å². The molecule has 6 nitrogen and oxygen atoms in total. The van der Waals surface area contributed by atoms with Gasteiger partial charge in [-0.05, 0) is 31.1 Å². The molecule has 2 aliphatic heterocycles. The minimum atomic E-state index is -1.15. The Morgan fingerprint density at radius 3 is 2.74 bits per heavy atom. The molecule has 23 heavy (non-hydrogen) atoms. The van der Waals surface area contributed by atoms with Crippen molar-refractivity contribution in [3.05, 3.63) is 41.0 Å². The summed E-state index contributed by atoms with van der Waals surface area (Å²) in [5, 5.41) is 28.2. The summed E-state index contributed by atoms with van der Waals surface area (Å²) in [4.78, 5) is 17.6. The van der Waals surface area contributed by atoms with E-state index < -0.39 is 12.1 Å². The number of aliphatic imine (C=N–C) groups is 1. The van der Waals surface area contributed by atoms with Gasteiger partial charge in [-0.1, -0.05) is 6.07 Å². The maximum atomic E-state index is 11.2. The largest absolute Gasteiger partial charge is 0.478 e. The molecule has 3 rings (SSSR count). The van der Waals surface area contributed by atoms with E-state index in [1.807, 2.05) is 12.1 Å². The lowest BCUT2D eigenvalue weighted by Crippen LogP contribution is -2.26. The monoisotopic (exact) mass is 311 g/mol. The number of nitrogens with zero attached hydrogens (tertiary/aromatic N) is 3. The van der Waals surface area contributed by atoms with Crippen LogP contribution in [-0.2, 0) is 4.79 Å². The third kappa shape index (κ3) is 2.96. The molecule has 0 saturated carbocycles. The number of hydrogen-bond acceptors (Lipinski definition) is 5. The molecule has 2 aliphatic rings. The van der Waals surface area contributed by atoms with E-state index in [0.29, 0.717) is 16.8 Å². The number of aliphatic hydroxyl groups excluding tert-OH is 1. The van der Waals surface area contributed by atoms with Crippen molar-refractivity contribution in [2.45, 2.75) is 18.9 Å². The van der Waals surface area contributed by atoms with Crippen molar-refractivity contribution >= 4 is 17.4 Å². The second-order valence-corrected chi connectivity index (χ2v) is 5.68. The van der Waals surface area contributed by atoms with Crippen LogP contribution in [0.25, 0.3) is 0 Å². The molecule has 2 heterocycles. The molecule has 1 fully saturated rings. The maximum absolute atomic E-state index is 11.2. The Bertz CT molecular complexity index is 740. The number of aliphatic hydroxyl groups is 1. The van der Waals surface area contributed by atoms with Crippen LogP contribution in [-0.4, -0.2) is 47.6 Å². The predicted octanol–water partition coefficient (Wildman–Crippen LogP) is 1.33. The number of nitriles is 1. The van der Waals surface area contributed by atoms with Crippen molar-refractivity contribution in [3.63, 3.8) is 0 Å². The van der Waals surface area contributed by atoms with Crippen molar-refractivity contribution in [1.82, 2.24) is 0 Å². The molecule has 0 aromatic heterocycles. The van der Waals surface area contributed by atoms with E-state index in [2.05, 4.69) is 16.0 Å². The number of carboxylic acid groups (broad SMARTS) is 1. The van der Waals surface area contributed by atoms with Crippen LogP contribution in [0.15, 0.2) is 34.8 Å². The van der Waals surface area contributed by atoms with Crippen molar-refractivity contribution in [2.75, 3.05) is 24.5 Å². The van der Waals surface area contributed by atoms with Crippen molar-refractivity contribution in [1.29, 1.82) is 5.26 Å². The van der Waals surface area contributed by atoms with Crippen LogP contribution in [0, 0.1) is 11.3 Å². The number of carbonyl (C=O) groups is 1. The van der Waals surface area contributed by atoms with E-state index in [-0.39, 0.29) is 12.1 Å². The average molecular weight is 311 g/mol. The minimum Gasteiger partial charge on any atom is -0.478 e. The van der Waals surface area contributed by atoms with Gasteiger partial charge in [0.1, 0.15) is 12.2 Å². The Kier molecular flexibility index (Phi) is 4.13. The highest BCUT2D eigenvalue weighted by atomic mass is 16.4. The zero-order chi connectivity index (χ0) is 16.4. The molecule has 1 saturated heterocycles. The number of carboxylic acids is 1. The van der Waals surface area contributed by atoms with Gasteiger partial charge in [0.25, 0.3) is 0 Å². The predicted molar refractivity (Wildman–Crippen MR) is 85.7 cm³/mol. The van der Waals surface area contributed by atoms with E-state index in [4.69, 9.17) is 5.11 Å². The smallest absolute Gasteiger partial charge is 0.334 e. The summed E-state index contributed by atoms with van der Waals surface area (Å²) in [5.41, 5.74) is 2.57. The zero-order valence-corrected chi connectivity index (χ0v) is 12.6. The van der Waals surface area contributed by atoms with Gasteiger partial charge in [-0.25, -0.2) is 4.79 Å². The Balaban J connectivity index is 1.95. The molecule has 6 heteroatoms. The topological polar surface area (TPSA) is 96.9 Å². The lowest BCUT2D eigenvalue weighted by atomic mass is 9.98. The number of allylic oxidation sites excluding steroid dienone is 1. The first-order valence-electron chi connectivity index (χ1n) is 7.57. The molecule has 0 spiro atoms. The van der Waals surface area contributed by atoms with Crippen molar-refractivity contribution < 1.29 is 15.0 Å². The average Bonchev–Trinajstić information content (AvgIpc) is 3.08. The number of rotatable bonds is 3. The molecule has 0 amide bonds. The normalized spacial score (nSPS) is 20.7. The SMILES string of the molecule is N#Cc1cc(C2=NCC(O)C(C(=O)O)=C2)ccc1N1CCCC1. The van der Waals surface area contributed by atoms with Gasteiger partial charge in [-0.15, -0.1) is 0 Å². The van der Waals surface area contributed by atoms with Crippen LogP contribution < -0.4 is 4.90 Å². The van der Waals surface area contributed by atoms with E-state index in [9.17, 15) is 15.2 Å². The van der Waals surface area contributed by atoms with Gasteiger partial charge < -0.3 is 15.1 Å². The van der Waals surface area contributed by atoms with Crippen LogP contribution >= 0.6 is 0 Å². The molecular weight excluding hydrogens is 294 g/mol. The Morgan fingerprint density at radius 1 is 1.35 bits per heavy atom. The van der Waals surface area contributed by atoms with E-state index in [1.54, 1.807) is 6.07 Å². The lowest BCUT2D eigenvalue weighted by molar-refractivity contribution is -0.133. The third-order valence-electron chi connectivity index (χ3n) is 4.19. The molecule has 1 aromatic carbocycles. The fourth-order valence-electron chi connectivity index (χ4n) is 2.97. The van der Waals surface area contributed by atoms with Crippen LogP contribution in [0.5, 0.6) is 0 Å². The Labute approximate surface area is 134 Å². The zero-order valence-electron chi connectivity index (χ0n) is 12.6. The number of benzene rings is 1. The van der Waals surface area contributed by atoms with Crippen molar-refractivity contribution in [2.24, 2.45) is 4.99 Å². The van der Waals surface area contributed by atoms with Gasteiger partial charge in [0.05, 0.1) is 29.1 Å². The lowest BCUT2D eigenvalue weighted by Gasteiger charge is -2.20. The van der Waals surface area contributed by atoms with Gasteiger partial charge >= 0.3 is 5.97 Å². The summed E-state index contributed by atoms with van der Waals surface area (Å²) in [6.45, 7) is 1.91. The number of anilines is 1. The van der Waals surface area contributed by atoms with Crippen LogP contribution in [0.3, 0.4) is 0 Å². The Morgan fingerprint density at radius 2 is 2.09 bits per heavy atom. The highest BCUT2D eigenvalue weighted by Crippen LogP contribution is 2.26. The van der Waals surface area contributed by atoms with E-state index >= 15 is 0 Å². The summed E-state index contributed by atoms with van der Waals surface area (Å²) < 4.78 is 0. The highest BCUT2D eigenvalue weighted by Gasteiger charge is 2.23. The molecule has 0 aliphatic carbocycles. The van der Waals surface area contributed by atoms with Gasteiger partial charge in [-0.3, -0.25) is 4.99 Å². The van der Waals surface area contributed by atoms with Gasteiger partial charge in [0, 0.05) is 18.7 Å². The van der Waals surface area contributed by atoms with E-state index in [1.165, 1.54) is 6.08 Å². The minimum absolute atomic E-state index is 0.0171. The molecular formula is C17H17N3O3. The summed E-state index contributed by atoms with van der Waals surface area (Å²) in [7, 11) is 0. The first-order valence-corrected chi connectivity index (χ1v) is 7.57. The first-order chi connectivity index (χ1) is 11.1. The second kappa shape index (κ2) is 6.23. The fourth-order valence-corrected chi connectivity index (χ4v) is 2.97. The van der Waals surface area contributed by atoms with Gasteiger partial charge in [0.2, 0.25) is 0 Å². The molecule has 118 valence electrons. The molecule has 1 unspecified atom stereocenters. The Hall–Kier alpha value is -2.65. The van der Waals surface area contributed by atoms with Gasteiger partial charge in [0.15, 0.2) is 0 Å².